The zero-order chi connectivity index (χ0) is 24.2. The lowest BCUT2D eigenvalue weighted by molar-refractivity contribution is -0.132. The summed E-state index contributed by atoms with van der Waals surface area (Å²) in [4.78, 5) is 27.9. The molecule has 1 aromatic carbocycles. The molecule has 4 aromatic rings. The monoisotopic (exact) mass is 474 g/mol. The highest BCUT2D eigenvalue weighted by atomic mass is 16.5. The quantitative estimate of drug-likeness (QED) is 0.384. The van der Waals surface area contributed by atoms with Gasteiger partial charge in [-0.3, -0.25) is 14.4 Å². The Morgan fingerprint density at radius 1 is 1.11 bits per heavy atom. The molecule has 1 fully saturated rings. The third kappa shape index (κ3) is 5.17. The van der Waals surface area contributed by atoms with Gasteiger partial charge in [0.05, 0.1) is 18.1 Å². The van der Waals surface area contributed by atoms with E-state index in [1.54, 1.807) is 17.2 Å². The van der Waals surface area contributed by atoms with Crippen molar-refractivity contribution in [2.24, 2.45) is 7.05 Å². The van der Waals surface area contributed by atoms with E-state index in [0.717, 1.165) is 66.3 Å². The summed E-state index contributed by atoms with van der Waals surface area (Å²) >= 11 is 0. The number of likely N-dealkylation sites (N-methyl/N-ethyl adjacent to an activating group) is 1. The first-order valence-corrected chi connectivity index (χ1v) is 11.9. The highest BCUT2D eigenvalue weighted by molar-refractivity contribution is 5.87. The first kappa shape index (κ1) is 23.0. The molecule has 0 spiro atoms. The number of rotatable bonds is 8. The van der Waals surface area contributed by atoms with Gasteiger partial charge in [-0.1, -0.05) is 35.5 Å². The molecule has 0 bridgehead atoms. The van der Waals surface area contributed by atoms with Gasteiger partial charge in [-0.15, -0.1) is 0 Å². The second kappa shape index (κ2) is 10.2. The van der Waals surface area contributed by atoms with Gasteiger partial charge in [-0.05, 0) is 20.0 Å². The lowest BCUT2D eigenvalue weighted by atomic mass is 10.1. The minimum Gasteiger partial charge on any atom is -0.361 e. The summed E-state index contributed by atoms with van der Waals surface area (Å²) in [6.07, 6.45) is 5.07. The highest BCUT2D eigenvalue weighted by Crippen LogP contribution is 2.23. The maximum absolute atomic E-state index is 12.9. The molecule has 1 saturated heterocycles. The van der Waals surface area contributed by atoms with Crippen LogP contribution in [0.2, 0.25) is 0 Å². The molecular formula is C25H30N8O2. The number of aromatic nitrogens is 5. The molecule has 3 aromatic heterocycles. The molecule has 10 heteroatoms. The van der Waals surface area contributed by atoms with Gasteiger partial charge >= 0.3 is 0 Å². The fourth-order valence-electron chi connectivity index (χ4n) is 4.48. The summed E-state index contributed by atoms with van der Waals surface area (Å²) < 4.78 is 7.24. The van der Waals surface area contributed by atoms with Crippen LogP contribution in [0.15, 0.2) is 53.4 Å². The molecule has 0 atom stereocenters. The zero-order valence-electron chi connectivity index (χ0n) is 20.2. The molecule has 0 radical (unpaired) electrons. The van der Waals surface area contributed by atoms with Gasteiger partial charge in [0.15, 0.2) is 5.65 Å². The largest absolute Gasteiger partial charge is 0.361 e. The summed E-state index contributed by atoms with van der Waals surface area (Å²) in [6.45, 7) is 4.06. The molecule has 1 aliphatic rings. The topological polar surface area (TPSA) is 96.4 Å². The molecular weight excluding hydrogens is 444 g/mol. The van der Waals surface area contributed by atoms with Crippen LogP contribution in [0.3, 0.4) is 0 Å². The van der Waals surface area contributed by atoms with Crippen molar-refractivity contribution in [3.8, 4) is 11.3 Å². The van der Waals surface area contributed by atoms with Crippen molar-refractivity contribution < 1.29 is 9.32 Å². The Bertz CT molecular complexity index is 1280. The average molecular weight is 475 g/mol. The summed E-state index contributed by atoms with van der Waals surface area (Å²) in [5.74, 6) is 1.91. The van der Waals surface area contributed by atoms with Gasteiger partial charge in [-0.2, -0.15) is 5.10 Å². The first-order chi connectivity index (χ1) is 17.1. The number of anilines is 1. The standard InChI is InChI=1S/C25H30N8O2/c1-30(10-6-9-20-15-22(29-35-20)19-7-4-3-5-8-19)17-23(34)32-11-13-33(14-12-32)25-21-16-28-31(2)24(21)26-18-27-25/h3-5,7-8,15-16,18H,6,9-14,17H2,1-2H3. The number of piperazine rings is 1. The van der Waals surface area contributed by atoms with Crippen LogP contribution in [0.5, 0.6) is 0 Å². The number of hydrogen-bond acceptors (Lipinski definition) is 8. The Morgan fingerprint density at radius 2 is 1.91 bits per heavy atom. The maximum Gasteiger partial charge on any atom is 0.236 e. The fraction of sp³-hybridized carbons (Fsp3) is 0.400. The third-order valence-corrected chi connectivity index (χ3v) is 6.44. The van der Waals surface area contributed by atoms with Crippen LogP contribution in [-0.2, 0) is 18.3 Å². The lowest BCUT2D eigenvalue weighted by Crippen LogP contribution is -2.51. The molecule has 0 unspecified atom stereocenters. The van der Waals surface area contributed by atoms with E-state index in [1.807, 2.05) is 55.4 Å². The number of aryl methyl sites for hydroxylation is 2. The summed E-state index contributed by atoms with van der Waals surface area (Å²) in [6, 6.07) is 12.0. The van der Waals surface area contributed by atoms with Crippen LogP contribution < -0.4 is 4.90 Å². The molecule has 0 N–H and O–H groups in total. The minimum atomic E-state index is 0.160. The average Bonchev–Trinajstić information content (AvgIpc) is 3.52. The highest BCUT2D eigenvalue weighted by Gasteiger charge is 2.24. The number of fused-ring (bicyclic) bond motifs is 1. The van der Waals surface area contributed by atoms with Gasteiger partial charge in [0.2, 0.25) is 5.91 Å². The van der Waals surface area contributed by atoms with Gasteiger partial charge in [0, 0.05) is 51.3 Å². The first-order valence-electron chi connectivity index (χ1n) is 11.9. The molecule has 5 rings (SSSR count). The Kier molecular flexibility index (Phi) is 6.71. The molecule has 1 aliphatic heterocycles. The predicted octanol–water partition coefficient (Wildman–Crippen LogP) is 2.23. The van der Waals surface area contributed by atoms with E-state index in [9.17, 15) is 4.79 Å². The van der Waals surface area contributed by atoms with E-state index in [0.29, 0.717) is 19.6 Å². The maximum atomic E-state index is 12.9. The Hall–Kier alpha value is -3.79. The van der Waals surface area contributed by atoms with E-state index in [4.69, 9.17) is 4.52 Å². The van der Waals surface area contributed by atoms with E-state index in [2.05, 4.69) is 30.0 Å². The summed E-state index contributed by atoms with van der Waals surface area (Å²) in [7, 11) is 3.86. The van der Waals surface area contributed by atoms with Crippen molar-refractivity contribution >= 4 is 22.8 Å². The molecule has 4 heterocycles. The van der Waals surface area contributed by atoms with Crippen LogP contribution >= 0.6 is 0 Å². The van der Waals surface area contributed by atoms with Crippen LogP contribution in [0.25, 0.3) is 22.3 Å². The van der Waals surface area contributed by atoms with Gasteiger partial charge in [-0.25, -0.2) is 9.97 Å². The van der Waals surface area contributed by atoms with Gasteiger partial charge in [0.1, 0.15) is 23.6 Å². The molecule has 182 valence electrons. The van der Waals surface area contributed by atoms with Crippen molar-refractivity contribution in [3.63, 3.8) is 0 Å². The molecule has 35 heavy (non-hydrogen) atoms. The van der Waals surface area contributed by atoms with Crippen LogP contribution in [0, 0.1) is 0 Å². The fourth-order valence-corrected chi connectivity index (χ4v) is 4.48. The molecule has 0 aliphatic carbocycles. The van der Waals surface area contributed by atoms with Crippen molar-refractivity contribution in [2.75, 3.05) is 51.2 Å². The van der Waals surface area contributed by atoms with E-state index < -0.39 is 0 Å². The number of carbonyl (C=O) groups excluding carboxylic acids is 1. The predicted molar refractivity (Wildman–Crippen MR) is 133 cm³/mol. The smallest absolute Gasteiger partial charge is 0.236 e. The number of benzene rings is 1. The van der Waals surface area contributed by atoms with Gasteiger partial charge in [0.25, 0.3) is 0 Å². The van der Waals surface area contributed by atoms with Crippen molar-refractivity contribution in [1.29, 1.82) is 0 Å². The normalized spacial score (nSPS) is 14.3. The molecule has 10 nitrogen and oxygen atoms in total. The second-order valence-electron chi connectivity index (χ2n) is 8.96. The Balaban J connectivity index is 1.06. The summed E-state index contributed by atoms with van der Waals surface area (Å²) in [5.41, 5.74) is 2.72. The van der Waals surface area contributed by atoms with E-state index >= 15 is 0 Å². The zero-order valence-corrected chi connectivity index (χ0v) is 20.2. The van der Waals surface area contributed by atoms with Crippen LogP contribution in [-0.4, -0.2) is 86.9 Å². The summed E-state index contributed by atoms with van der Waals surface area (Å²) in [5, 5.41) is 9.41. The number of carbonyl (C=O) groups is 1. The molecule has 0 saturated carbocycles. The van der Waals surface area contributed by atoms with Crippen molar-refractivity contribution in [1.82, 2.24) is 34.7 Å². The van der Waals surface area contributed by atoms with E-state index in [1.165, 1.54) is 0 Å². The molecule has 1 amide bonds. The van der Waals surface area contributed by atoms with E-state index in [-0.39, 0.29) is 5.91 Å². The Labute approximate surface area is 204 Å². The number of nitrogens with zero attached hydrogens (tertiary/aromatic N) is 8. The minimum absolute atomic E-state index is 0.160. The lowest BCUT2D eigenvalue weighted by Gasteiger charge is -2.36. The Morgan fingerprint density at radius 3 is 2.71 bits per heavy atom. The second-order valence-corrected chi connectivity index (χ2v) is 8.96. The van der Waals surface area contributed by atoms with Crippen LogP contribution in [0.1, 0.15) is 12.2 Å². The van der Waals surface area contributed by atoms with Crippen LogP contribution in [0.4, 0.5) is 5.82 Å². The number of hydrogen-bond donors (Lipinski definition) is 0. The van der Waals surface area contributed by atoms with Gasteiger partial charge < -0.3 is 14.3 Å². The third-order valence-electron chi connectivity index (χ3n) is 6.44. The van der Waals surface area contributed by atoms with Crippen molar-refractivity contribution in [2.45, 2.75) is 12.8 Å². The van der Waals surface area contributed by atoms with Crippen molar-refractivity contribution in [3.05, 3.63) is 54.7 Å². The number of amides is 1. The SMILES string of the molecule is CN(CCCc1cc(-c2ccccc2)no1)CC(=O)N1CCN(c2ncnc3c2cnn3C)CC1.